The van der Waals surface area contributed by atoms with Gasteiger partial charge in [0, 0.05) is 11.6 Å². The Bertz CT molecular complexity index is 2360. The molecule has 0 radical (unpaired) electrons. The normalized spacial score (nSPS) is 13.3. The van der Waals surface area contributed by atoms with Gasteiger partial charge in [-0.15, -0.1) is 0 Å². The van der Waals surface area contributed by atoms with Crippen molar-refractivity contribution in [3.8, 4) is 0 Å². The Morgan fingerprint density at radius 3 is 1.61 bits per heavy atom. The first-order valence-electron chi connectivity index (χ1n) is 19.2. The van der Waals surface area contributed by atoms with Crippen LogP contribution in [-0.2, 0) is 0 Å². The van der Waals surface area contributed by atoms with Gasteiger partial charge in [-0.25, -0.2) is 0 Å². The molecule has 0 amide bonds. The molecule has 0 saturated carbocycles. The number of nitrogens with one attached hydrogen (secondary N) is 2. The molecule has 2 atom stereocenters. The van der Waals surface area contributed by atoms with Gasteiger partial charge in [-0.3, -0.25) is 0 Å². The molecule has 1 aliphatic carbocycles. The summed E-state index contributed by atoms with van der Waals surface area (Å²) in [5.74, 6) is 0.344. The van der Waals surface area contributed by atoms with E-state index in [-0.39, 0.29) is 6.04 Å². The zero-order valence-electron chi connectivity index (χ0n) is 32.5. The van der Waals surface area contributed by atoms with Crippen LogP contribution in [0.2, 0.25) is 0 Å². The van der Waals surface area contributed by atoms with Crippen molar-refractivity contribution in [1.82, 2.24) is 5.32 Å². The monoisotopic (exact) mass is 706 g/mol. The van der Waals surface area contributed by atoms with Crippen LogP contribution in [-0.4, -0.2) is 6.72 Å². The lowest BCUT2D eigenvalue weighted by Gasteiger charge is -2.24. The van der Waals surface area contributed by atoms with E-state index in [0.29, 0.717) is 5.92 Å². The molecule has 2 N–H and O–H groups in total. The molecule has 7 aromatic rings. The van der Waals surface area contributed by atoms with Crippen LogP contribution in [0, 0.1) is 5.41 Å². The average molecular weight is 707 g/mol. The fourth-order valence-corrected chi connectivity index (χ4v) is 6.98. The van der Waals surface area contributed by atoms with Crippen molar-refractivity contribution in [2.75, 3.05) is 0 Å². The topological polar surface area (TPSA) is 35.9 Å². The van der Waals surface area contributed by atoms with Gasteiger partial charge in [0.2, 0.25) is 0 Å². The highest BCUT2D eigenvalue weighted by atomic mass is 14.9. The summed E-state index contributed by atoms with van der Waals surface area (Å²) in [7, 11) is 0. The van der Waals surface area contributed by atoms with Crippen molar-refractivity contribution < 1.29 is 0 Å². The second-order valence-corrected chi connectivity index (χ2v) is 13.4. The molecule has 54 heavy (non-hydrogen) atoms. The Morgan fingerprint density at radius 1 is 0.593 bits per heavy atom. The Balaban J connectivity index is 0.000000449. The summed E-state index contributed by atoms with van der Waals surface area (Å²) in [5.41, 5.74) is 8.97. The lowest BCUT2D eigenvalue weighted by Crippen LogP contribution is -2.21. The van der Waals surface area contributed by atoms with Gasteiger partial charge in [0.15, 0.2) is 0 Å². The number of hydrogen-bond acceptors (Lipinski definition) is 2. The van der Waals surface area contributed by atoms with E-state index in [0.717, 1.165) is 5.70 Å². The molecule has 2 heteroatoms. The molecule has 0 fully saturated rings. The fourth-order valence-electron chi connectivity index (χ4n) is 6.98. The van der Waals surface area contributed by atoms with Crippen LogP contribution in [0.4, 0.5) is 0 Å². The Hall–Kier alpha value is -5.99. The number of benzene rings is 7. The SMILES string of the molecule is C/C=C(\NC(c1ccc2ccccc2c1)c1ccc2cc(C(C)c3ccccc3)ccc2c1)c1ccc2ccccc2c1.C=N.CC.CC1=CC=CCC1. The maximum atomic E-state index is 5.50. The summed E-state index contributed by atoms with van der Waals surface area (Å²) in [6.07, 6.45) is 11.2. The minimum atomic E-state index is -0.0189. The summed E-state index contributed by atoms with van der Waals surface area (Å²) >= 11 is 0. The maximum Gasteiger partial charge on any atom is 0.0768 e. The first-order valence-corrected chi connectivity index (χ1v) is 19.2. The van der Waals surface area contributed by atoms with E-state index in [1.807, 2.05) is 13.8 Å². The molecule has 2 nitrogen and oxygen atoms in total. The standard InChI is InChI=1S/C42H35N.C7H10.C2H6.CH3N/c1-3-41(38-22-17-31-13-7-9-15-34(31)26-38)43-42(39-23-18-32-14-8-10-16-35(32)27-39)40-24-21-36-25-33(19-20-37(36)28-40)29(2)30-11-5-4-6-12-30;1-7-5-3-2-4-6-7;2*1-2/h3-29,42-43H,1-2H3;2-3,5H,4,6H2,1H3;1-2H3;2H,1H2/b41-3-;;;. The minimum Gasteiger partial charge on any atom is -0.374 e. The molecule has 2 unspecified atom stereocenters. The smallest absolute Gasteiger partial charge is 0.0768 e. The second kappa shape index (κ2) is 19.7. The molecular weight excluding hydrogens is 653 g/mol. The van der Waals surface area contributed by atoms with Crippen LogP contribution in [0.15, 0.2) is 182 Å². The third-order valence-electron chi connectivity index (χ3n) is 10.00. The van der Waals surface area contributed by atoms with E-state index >= 15 is 0 Å². The number of rotatable bonds is 7. The van der Waals surface area contributed by atoms with Gasteiger partial charge in [-0.1, -0.05) is 184 Å². The van der Waals surface area contributed by atoms with Crippen LogP contribution in [0.5, 0.6) is 0 Å². The number of allylic oxidation sites excluding steroid dienone is 5. The zero-order chi connectivity index (χ0) is 38.3. The largest absolute Gasteiger partial charge is 0.374 e. The van der Waals surface area contributed by atoms with Crippen molar-refractivity contribution in [2.24, 2.45) is 0 Å². The molecule has 0 aliphatic heterocycles. The highest BCUT2D eigenvalue weighted by Gasteiger charge is 2.18. The lowest BCUT2D eigenvalue weighted by molar-refractivity contribution is 0.746. The Kier molecular flexibility index (Phi) is 14.3. The summed E-state index contributed by atoms with van der Waals surface area (Å²) < 4.78 is 0. The molecule has 0 spiro atoms. The van der Waals surface area contributed by atoms with E-state index in [1.54, 1.807) is 0 Å². The van der Waals surface area contributed by atoms with Crippen molar-refractivity contribution in [3.05, 3.63) is 209 Å². The molecule has 0 bridgehead atoms. The molecule has 1 aliphatic rings. The quantitative estimate of drug-likeness (QED) is 0.159. The third-order valence-corrected chi connectivity index (χ3v) is 10.00. The van der Waals surface area contributed by atoms with E-state index in [1.165, 1.54) is 78.5 Å². The molecule has 0 heterocycles. The molecule has 0 saturated heterocycles. The van der Waals surface area contributed by atoms with E-state index in [2.05, 4.69) is 209 Å². The highest BCUT2D eigenvalue weighted by molar-refractivity contribution is 5.87. The highest BCUT2D eigenvalue weighted by Crippen LogP contribution is 2.33. The van der Waals surface area contributed by atoms with Crippen LogP contribution in [0.25, 0.3) is 38.0 Å². The summed E-state index contributed by atoms with van der Waals surface area (Å²) in [4.78, 5) is 0. The van der Waals surface area contributed by atoms with E-state index in [9.17, 15) is 0 Å². The zero-order valence-corrected chi connectivity index (χ0v) is 32.5. The first kappa shape index (κ1) is 39.2. The first-order chi connectivity index (χ1) is 26.6. The summed E-state index contributed by atoms with van der Waals surface area (Å²) in [6, 6.07) is 55.3. The third kappa shape index (κ3) is 9.70. The van der Waals surface area contributed by atoms with Gasteiger partial charge in [-0.05, 0) is 112 Å². The maximum absolute atomic E-state index is 5.50. The summed E-state index contributed by atoms with van der Waals surface area (Å²) in [6.45, 7) is 13.1. The van der Waals surface area contributed by atoms with Gasteiger partial charge in [0.05, 0.1) is 6.04 Å². The van der Waals surface area contributed by atoms with E-state index in [4.69, 9.17) is 5.41 Å². The fraction of sp³-hybridized carbons (Fsp3) is 0.173. The van der Waals surface area contributed by atoms with Gasteiger partial charge in [0.25, 0.3) is 0 Å². The Labute approximate surface area is 323 Å². The molecular formula is C52H54N2. The summed E-state index contributed by atoms with van der Waals surface area (Å²) in [5, 5.41) is 17.0. The van der Waals surface area contributed by atoms with Crippen molar-refractivity contribution in [1.29, 1.82) is 5.41 Å². The van der Waals surface area contributed by atoms with Crippen LogP contribution in [0.1, 0.15) is 87.2 Å². The molecule has 8 rings (SSSR count). The van der Waals surface area contributed by atoms with Gasteiger partial charge < -0.3 is 10.7 Å². The second-order valence-electron chi connectivity index (χ2n) is 13.4. The molecule has 0 aromatic heterocycles. The van der Waals surface area contributed by atoms with Gasteiger partial charge >= 0.3 is 0 Å². The van der Waals surface area contributed by atoms with Crippen molar-refractivity contribution in [2.45, 2.75) is 59.4 Å². The molecule has 7 aromatic carbocycles. The van der Waals surface area contributed by atoms with Gasteiger partial charge in [0.1, 0.15) is 0 Å². The van der Waals surface area contributed by atoms with Gasteiger partial charge in [-0.2, -0.15) is 0 Å². The molecule has 272 valence electrons. The van der Waals surface area contributed by atoms with Crippen LogP contribution < -0.4 is 5.32 Å². The van der Waals surface area contributed by atoms with Crippen molar-refractivity contribution >= 4 is 44.7 Å². The Morgan fingerprint density at radius 2 is 1.07 bits per heavy atom. The van der Waals surface area contributed by atoms with Crippen molar-refractivity contribution in [3.63, 3.8) is 0 Å². The number of hydrogen-bond donors (Lipinski definition) is 2. The predicted octanol–water partition coefficient (Wildman–Crippen LogP) is 14.6. The number of fused-ring (bicyclic) bond motifs is 3. The van der Waals surface area contributed by atoms with Crippen LogP contribution in [0.3, 0.4) is 0 Å². The average Bonchev–Trinajstić information content (AvgIpc) is 3.25. The lowest BCUT2D eigenvalue weighted by atomic mass is 9.90. The van der Waals surface area contributed by atoms with E-state index < -0.39 is 0 Å². The van der Waals surface area contributed by atoms with Crippen LogP contribution >= 0.6 is 0 Å². The minimum absolute atomic E-state index is 0.0189. The predicted molar refractivity (Wildman–Crippen MR) is 238 cm³/mol.